The lowest BCUT2D eigenvalue weighted by Gasteiger charge is -2.29. The molecule has 4 heteroatoms. The van der Waals surface area contributed by atoms with E-state index in [2.05, 4.69) is 18.3 Å². The molecule has 108 valence electrons. The van der Waals surface area contributed by atoms with Crippen molar-refractivity contribution in [2.75, 3.05) is 16.8 Å². The van der Waals surface area contributed by atoms with Crippen LogP contribution in [0.3, 0.4) is 0 Å². The van der Waals surface area contributed by atoms with E-state index in [4.69, 9.17) is 11.6 Å². The number of carbonyl (C=O) groups excluding carboxylic acids is 1. The van der Waals surface area contributed by atoms with E-state index in [-0.39, 0.29) is 6.03 Å². The molecule has 0 spiro atoms. The molecule has 2 aromatic rings. The first-order valence-corrected chi connectivity index (χ1v) is 7.45. The van der Waals surface area contributed by atoms with Crippen molar-refractivity contribution in [1.82, 2.24) is 0 Å². The minimum absolute atomic E-state index is 0.0953. The third kappa shape index (κ3) is 3.03. The van der Waals surface area contributed by atoms with E-state index >= 15 is 0 Å². The van der Waals surface area contributed by atoms with Crippen molar-refractivity contribution in [3.05, 3.63) is 58.6 Å². The number of fused-ring (bicyclic) bond motifs is 1. The molecule has 0 aliphatic carbocycles. The Labute approximate surface area is 129 Å². The van der Waals surface area contributed by atoms with Crippen molar-refractivity contribution in [3.63, 3.8) is 0 Å². The first-order chi connectivity index (χ1) is 10.1. The Morgan fingerprint density at radius 3 is 2.71 bits per heavy atom. The van der Waals surface area contributed by atoms with E-state index in [0.717, 1.165) is 30.8 Å². The average molecular weight is 301 g/mol. The number of hydrogen-bond acceptors (Lipinski definition) is 1. The van der Waals surface area contributed by atoms with Crippen LogP contribution in [-0.2, 0) is 6.42 Å². The van der Waals surface area contributed by atoms with Gasteiger partial charge in [-0.2, -0.15) is 0 Å². The molecule has 0 fully saturated rings. The Morgan fingerprint density at radius 1 is 1.19 bits per heavy atom. The Kier molecular flexibility index (Phi) is 3.84. The number of halogens is 1. The predicted octanol–water partition coefficient (Wildman–Crippen LogP) is 4.63. The summed E-state index contributed by atoms with van der Waals surface area (Å²) in [6.45, 7) is 2.82. The first kappa shape index (κ1) is 14.0. The van der Waals surface area contributed by atoms with Gasteiger partial charge in [0.25, 0.3) is 0 Å². The molecule has 2 amide bonds. The number of amides is 2. The van der Waals surface area contributed by atoms with Gasteiger partial charge in [0, 0.05) is 22.9 Å². The van der Waals surface area contributed by atoms with Crippen molar-refractivity contribution >= 4 is 29.0 Å². The number of benzene rings is 2. The van der Waals surface area contributed by atoms with E-state index in [1.165, 1.54) is 11.1 Å². The largest absolute Gasteiger partial charge is 0.326 e. The standard InChI is InChI=1S/C17H17ClN2O/c1-12-4-9-16-13(11-12)3-2-10-20(16)17(21)19-15-7-5-14(18)6-8-15/h4-9,11H,2-3,10H2,1H3,(H,19,21). The second-order valence-corrected chi connectivity index (χ2v) is 5.76. The van der Waals surface area contributed by atoms with Gasteiger partial charge in [0.1, 0.15) is 0 Å². The third-order valence-corrected chi connectivity index (χ3v) is 3.95. The number of anilines is 2. The number of nitrogens with zero attached hydrogens (tertiary/aromatic N) is 1. The summed E-state index contributed by atoms with van der Waals surface area (Å²) in [6, 6.07) is 13.3. The number of rotatable bonds is 1. The Hall–Kier alpha value is -2.00. The van der Waals surface area contributed by atoms with Gasteiger partial charge in [-0.1, -0.05) is 29.3 Å². The Balaban J connectivity index is 1.81. The summed E-state index contributed by atoms with van der Waals surface area (Å²) in [7, 11) is 0. The summed E-state index contributed by atoms with van der Waals surface area (Å²) >= 11 is 5.86. The lowest BCUT2D eigenvalue weighted by atomic mass is 10.00. The van der Waals surface area contributed by atoms with Gasteiger partial charge in [-0.15, -0.1) is 0 Å². The minimum Gasteiger partial charge on any atom is -0.308 e. The molecule has 1 aliphatic rings. The monoisotopic (exact) mass is 300 g/mol. The normalized spacial score (nSPS) is 13.7. The first-order valence-electron chi connectivity index (χ1n) is 7.07. The molecule has 21 heavy (non-hydrogen) atoms. The minimum atomic E-state index is -0.0953. The van der Waals surface area contributed by atoms with Gasteiger partial charge < -0.3 is 5.32 Å². The fraction of sp³-hybridized carbons (Fsp3) is 0.235. The quantitative estimate of drug-likeness (QED) is 0.818. The van der Waals surface area contributed by atoms with Crippen molar-refractivity contribution < 1.29 is 4.79 Å². The molecular formula is C17H17ClN2O. The molecule has 1 heterocycles. The Morgan fingerprint density at radius 2 is 1.95 bits per heavy atom. The highest BCUT2D eigenvalue weighted by atomic mass is 35.5. The maximum atomic E-state index is 12.5. The molecule has 0 unspecified atom stereocenters. The zero-order valence-electron chi connectivity index (χ0n) is 11.9. The SMILES string of the molecule is Cc1ccc2c(c1)CCCN2C(=O)Nc1ccc(Cl)cc1. The van der Waals surface area contributed by atoms with Crippen LogP contribution in [0.15, 0.2) is 42.5 Å². The van der Waals surface area contributed by atoms with Crippen LogP contribution in [0.5, 0.6) is 0 Å². The van der Waals surface area contributed by atoms with E-state index in [0.29, 0.717) is 5.02 Å². The maximum Gasteiger partial charge on any atom is 0.326 e. The van der Waals surface area contributed by atoms with Gasteiger partial charge >= 0.3 is 6.03 Å². The van der Waals surface area contributed by atoms with Crippen LogP contribution in [0.25, 0.3) is 0 Å². The van der Waals surface area contributed by atoms with Crippen LogP contribution in [0, 0.1) is 6.92 Å². The van der Waals surface area contributed by atoms with Gasteiger partial charge in [0.05, 0.1) is 0 Å². The van der Waals surface area contributed by atoms with Crippen molar-refractivity contribution in [1.29, 1.82) is 0 Å². The molecule has 1 aliphatic heterocycles. The number of aryl methyl sites for hydroxylation is 2. The highest BCUT2D eigenvalue weighted by Crippen LogP contribution is 2.28. The zero-order valence-corrected chi connectivity index (χ0v) is 12.7. The summed E-state index contributed by atoms with van der Waals surface area (Å²) in [5.74, 6) is 0. The van der Waals surface area contributed by atoms with Gasteiger partial charge in [0.15, 0.2) is 0 Å². The summed E-state index contributed by atoms with van der Waals surface area (Å²) in [5, 5.41) is 3.58. The van der Waals surface area contributed by atoms with Crippen LogP contribution in [-0.4, -0.2) is 12.6 Å². The predicted molar refractivity (Wildman–Crippen MR) is 87.3 cm³/mol. The van der Waals surface area contributed by atoms with Gasteiger partial charge in [-0.25, -0.2) is 4.79 Å². The summed E-state index contributed by atoms with van der Waals surface area (Å²) in [6.07, 6.45) is 2.02. The summed E-state index contributed by atoms with van der Waals surface area (Å²) in [4.78, 5) is 14.3. The average Bonchev–Trinajstić information content (AvgIpc) is 2.48. The molecule has 0 bridgehead atoms. The van der Waals surface area contributed by atoms with Crippen LogP contribution in [0.4, 0.5) is 16.2 Å². The molecule has 0 atom stereocenters. The second-order valence-electron chi connectivity index (χ2n) is 5.32. The highest BCUT2D eigenvalue weighted by molar-refractivity contribution is 6.30. The number of carbonyl (C=O) groups is 1. The molecule has 0 saturated heterocycles. The van der Waals surface area contributed by atoms with Crippen molar-refractivity contribution in [3.8, 4) is 0 Å². The number of nitrogens with one attached hydrogen (secondary N) is 1. The lowest BCUT2D eigenvalue weighted by Crippen LogP contribution is -2.38. The van der Waals surface area contributed by atoms with Crippen LogP contribution >= 0.6 is 11.6 Å². The molecule has 0 aromatic heterocycles. The molecular weight excluding hydrogens is 284 g/mol. The van der Waals surface area contributed by atoms with Gasteiger partial charge in [0.2, 0.25) is 0 Å². The molecule has 3 rings (SSSR count). The van der Waals surface area contributed by atoms with Gasteiger partial charge in [-0.3, -0.25) is 4.90 Å². The summed E-state index contributed by atoms with van der Waals surface area (Å²) < 4.78 is 0. The van der Waals surface area contributed by atoms with Crippen LogP contribution in [0.2, 0.25) is 5.02 Å². The van der Waals surface area contributed by atoms with E-state index in [1.54, 1.807) is 24.3 Å². The maximum absolute atomic E-state index is 12.5. The van der Waals surface area contributed by atoms with Gasteiger partial charge in [-0.05, 0) is 55.7 Å². The van der Waals surface area contributed by atoms with E-state index in [1.807, 2.05) is 17.0 Å². The number of urea groups is 1. The topological polar surface area (TPSA) is 32.3 Å². The fourth-order valence-corrected chi connectivity index (χ4v) is 2.79. The number of hydrogen-bond donors (Lipinski definition) is 1. The molecule has 2 aromatic carbocycles. The van der Waals surface area contributed by atoms with Crippen molar-refractivity contribution in [2.45, 2.75) is 19.8 Å². The summed E-state index contributed by atoms with van der Waals surface area (Å²) in [5.41, 5.74) is 4.24. The molecule has 1 N–H and O–H groups in total. The fourth-order valence-electron chi connectivity index (χ4n) is 2.66. The van der Waals surface area contributed by atoms with E-state index < -0.39 is 0 Å². The van der Waals surface area contributed by atoms with Crippen molar-refractivity contribution in [2.24, 2.45) is 0 Å². The highest BCUT2D eigenvalue weighted by Gasteiger charge is 2.22. The Bertz CT molecular complexity index is 667. The smallest absolute Gasteiger partial charge is 0.308 e. The van der Waals surface area contributed by atoms with E-state index in [9.17, 15) is 4.79 Å². The second kappa shape index (κ2) is 5.78. The third-order valence-electron chi connectivity index (χ3n) is 3.69. The molecule has 0 saturated carbocycles. The van der Waals surface area contributed by atoms with Crippen LogP contribution in [0.1, 0.15) is 17.5 Å². The molecule has 0 radical (unpaired) electrons. The lowest BCUT2D eigenvalue weighted by molar-refractivity contribution is 0.256. The molecule has 3 nitrogen and oxygen atoms in total. The zero-order chi connectivity index (χ0) is 14.8. The van der Waals surface area contributed by atoms with Crippen LogP contribution < -0.4 is 10.2 Å².